The SMILES string of the molecule is CCN1C(=S)C\C(=C/C=C/C=C/c2sc(=S)n(CC)c2[S-])C1=S. The molecular weight excluding hydrogens is 381 g/mol. The van der Waals surface area contributed by atoms with Crippen LogP contribution in [0.2, 0.25) is 0 Å². The van der Waals surface area contributed by atoms with Gasteiger partial charge in [-0.2, -0.15) is 0 Å². The summed E-state index contributed by atoms with van der Waals surface area (Å²) in [6, 6.07) is 0. The molecular formula is C16H17N2S5-. The molecule has 122 valence electrons. The molecule has 0 aliphatic carbocycles. The van der Waals surface area contributed by atoms with E-state index in [4.69, 9.17) is 49.3 Å². The van der Waals surface area contributed by atoms with Gasteiger partial charge in [0.05, 0.1) is 4.99 Å². The minimum atomic E-state index is 0.757. The summed E-state index contributed by atoms with van der Waals surface area (Å²) >= 11 is 23.0. The summed E-state index contributed by atoms with van der Waals surface area (Å²) in [6.45, 7) is 5.75. The number of thiocarbonyl (C=S) groups is 2. The molecule has 1 fully saturated rings. The third kappa shape index (κ3) is 4.22. The quantitative estimate of drug-likeness (QED) is 0.295. The highest BCUT2D eigenvalue weighted by atomic mass is 32.1. The van der Waals surface area contributed by atoms with Crippen LogP contribution in [0.1, 0.15) is 25.1 Å². The fourth-order valence-electron chi connectivity index (χ4n) is 2.24. The molecule has 2 nitrogen and oxygen atoms in total. The molecule has 0 atom stereocenters. The van der Waals surface area contributed by atoms with Crippen LogP contribution < -0.4 is 0 Å². The van der Waals surface area contributed by atoms with Crippen molar-refractivity contribution in [2.24, 2.45) is 0 Å². The first-order valence-corrected chi connectivity index (χ1v) is 9.73. The molecule has 0 saturated carbocycles. The van der Waals surface area contributed by atoms with E-state index in [9.17, 15) is 0 Å². The van der Waals surface area contributed by atoms with E-state index in [0.29, 0.717) is 0 Å². The maximum absolute atomic E-state index is 5.43. The molecule has 0 spiro atoms. The van der Waals surface area contributed by atoms with Gasteiger partial charge in [-0.1, -0.05) is 53.8 Å². The lowest BCUT2D eigenvalue weighted by atomic mass is 10.2. The Balaban J connectivity index is 2.05. The fraction of sp³-hybridized carbons (Fsp3) is 0.312. The van der Waals surface area contributed by atoms with Gasteiger partial charge >= 0.3 is 0 Å². The Bertz CT molecular complexity index is 764. The summed E-state index contributed by atoms with van der Waals surface area (Å²) in [4.78, 5) is 4.78. The highest BCUT2D eigenvalue weighted by molar-refractivity contribution is 7.82. The van der Waals surface area contributed by atoms with Gasteiger partial charge in [-0.25, -0.2) is 0 Å². The smallest absolute Gasteiger partial charge is 0.160 e. The van der Waals surface area contributed by atoms with Crippen LogP contribution in [0.3, 0.4) is 0 Å². The highest BCUT2D eigenvalue weighted by Crippen LogP contribution is 2.22. The highest BCUT2D eigenvalue weighted by Gasteiger charge is 2.24. The molecule has 1 aliphatic rings. The van der Waals surface area contributed by atoms with E-state index < -0.39 is 0 Å². The molecule has 2 heterocycles. The fourth-order valence-corrected chi connectivity index (χ4v) is 4.93. The number of aromatic nitrogens is 1. The van der Waals surface area contributed by atoms with Crippen molar-refractivity contribution in [1.82, 2.24) is 9.47 Å². The van der Waals surface area contributed by atoms with Crippen molar-refractivity contribution in [3.05, 3.63) is 38.7 Å². The van der Waals surface area contributed by atoms with Gasteiger partial charge < -0.3 is 22.1 Å². The number of likely N-dealkylation sites (N-methyl/N-ethyl adjacent to an activating group) is 1. The Morgan fingerprint density at radius 3 is 2.43 bits per heavy atom. The van der Waals surface area contributed by atoms with E-state index in [0.717, 1.165) is 48.9 Å². The average Bonchev–Trinajstić information content (AvgIpc) is 2.94. The van der Waals surface area contributed by atoms with Crippen molar-refractivity contribution >= 4 is 76.7 Å². The largest absolute Gasteiger partial charge is 0.761 e. The molecule has 0 N–H and O–H groups in total. The van der Waals surface area contributed by atoms with Crippen LogP contribution in [0.4, 0.5) is 0 Å². The van der Waals surface area contributed by atoms with E-state index >= 15 is 0 Å². The Morgan fingerprint density at radius 2 is 1.87 bits per heavy atom. The summed E-state index contributed by atoms with van der Waals surface area (Å²) in [5, 5.41) is 0.811. The van der Waals surface area contributed by atoms with Gasteiger partial charge in [-0.05, 0) is 37.7 Å². The minimum Gasteiger partial charge on any atom is -0.761 e. The van der Waals surface area contributed by atoms with Crippen molar-refractivity contribution in [1.29, 1.82) is 0 Å². The molecule has 0 bridgehead atoms. The van der Waals surface area contributed by atoms with Crippen molar-refractivity contribution in [3.63, 3.8) is 0 Å². The van der Waals surface area contributed by atoms with E-state index in [-0.39, 0.29) is 0 Å². The zero-order valence-corrected chi connectivity index (χ0v) is 17.0. The topological polar surface area (TPSA) is 8.17 Å². The zero-order chi connectivity index (χ0) is 17.0. The number of hydrogen-bond acceptors (Lipinski definition) is 5. The Morgan fingerprint density at radius 1 is 1.13 bits per heavy atom. The van der Waals surface area contributed by atoms with Gasteiger partial charge in [0.2, 0.25) is 0 Å². The second kappa shape index (κ2) is 8.39. The van der Waals surface area contributed by atoms with Crippen LogP contribution in [-0.2, 0) is 19.2 Å². The first kappa shape index (κ1) is 18.6. The maximum Gasteiger partial charge on any atom is 0.160 e. The van der Waals surface area contributed by atoms with Gasteiger partial charge in [0, 0.05) is 24.4 Å². The van der Waals surface area contributed by atoms with Gasteiger partial charge in [-0.15, -0.1) is 11.3 Å². The second-order valence-electron chi connectivity index (χ2n) is 4.84. The first-order chi connectivity index (χ1) is 11.0. The van der Waals surface area contributed by atoms with E-state index in [1.165, 1.54) is 0 Å². The molecule has 0 radical (unpaired) electrons. The van der Waals surface area contributed by atoms with Gasteiger partial charge in [0.15, 0.2) is 3.95 Å². The first-order valence-electron chi connectivity index (χ1n) is 7.28. The van der Waals surface area contributed by atoms with E-state index in [1.807, 2.05) is 46.8 Å². The predicted octanol–water partition coefficient (Wildman–Crippen LogP) is 5.08. The molecule has 1 aliphatic heterocycles. The van der Waals surface area contributed by atoms with Gasteiger partial charge in [0.1, 0.15) is 4.99 Å². The Labute approximate surface area is 162 Å². The molecule has 0 unspecified atom stereocenters. The predicted molar refractivity (Wildman–Crippen MR) is 113 cm³/mol. The van der Waals surface area contributed by atoms with Crippen LogP contribution in [0.5, 0.6) is 0 Å². The van der Waals surface area contributed by atoms with Gasteiger partial charge in [0.25, 0.3) is 0 Å². The zero-order valence-electron chi connectivity index (χ0n) is 12.9. The number of rotatable bonds is 5. The number of allylic oxidation sites excluding steroid dienone is 4. The Kier molecular flexibility index (Phi) is 6.79. The van der Waals surface area contributed by atoms with Crippen molar-refractivity contribution < 1.29 is 0 Å². The summed E-state index contributed by atoms with van der Waals surface area (Å²) in [5.74, 6) is 0. The van der Waals surface area contributed by atoms with Crippen LogP contribution in [0.15, 0.2) is 34.9 Å². The number of likely N-dealkylation sites (tertiary alicyclic amines) is 1. The van der Waals surface area contributed by atoms with E-state index in [1.54, 1.807) is 11.3 Å². The number of nitrogens with zero attached hydrogens (tertiary/aromatic N) is 2. The van der Waals surface area contributed by atoms with Crippen LogP contribution >= 0.6 is 48.0 Å². The van der Waals surface area contributed by atoms with Crippen molar-refractivity contribution in [3.8, 4) is 0 Å². The Hall–Kier alpha value is -0.730. The molecule has 1 saturated heterocycles. The van der Waals surface area contributed by atoms with E-state index in [2.05, 4.69) is 6.92 Å². The maximum atomic E-state index is 5.43. The minimum absolute atomic E-state index is 0.757. The van der Waals surface area contributed by atoms with Crippen LogP contribution in [-0.4, -0.2) is 26.0 Å². The normalized spacial score (nSPS) is 17.5. The lowest BCUT2D eigenvalue weighted by Gasteiger charge is -2.13. The van der Waals surface area contributed by atoms with Crippen LogP contribution in [0.25, 0.3) is 6.08 Å². The van der Waals surface area contributed by atoms with Crippen molar-refractivity contribution in [2.45, 2.75) is 31.8 Å². The van der Waals surface area contributed by atoms with Gasteiger partial charge in [-0.3, -0.25) is 0 Å². The lowest BCUT2D eigenvalue weighted by Crippen LogP contribution is -2.26. The molecule has 23 heavy (non-hydrogen) atoms. The summed E-state index contributed by atoms with van der Waals surface area (Å²) in [5.41, 5.74) is 1.10. The standard InChI is InChI=1S/C16H18N2S5/c1-3-17-13(19)10-11(14(17)20)8-6-5-7-9-12-15(21)18(4-2)16(22)23-12/h5-9,21H,3-4,10H2,1-2H3/p-1/b6-5+,9-7+,11-8+. The van der Waals surface area contributed by atoms with Crippen LogP contribution in [0, 0.1) is 3.95 Å². The summed E-state index contributed by atoms with van der Waals surface area (Å²) in [6.07, 6.45) is 10.7. The molecule has 1 aromatic heterocycles. The number of thiazole rings is 1. The second-order valence-corrected chi connectivity index (χ2v) is 7.76. The monoisotopic (exact) mass is 397 g/mol. The molecule has 7 heteroatoms. The molecule has 0 aromatic carbocycles. The summed E-state index contributed by atoms with van der Waals surface area (Å²) < 4.78 is 2.80. The molecule has 1 aromatic rings. The third-order valence-corrected chi connectivity index (χ3v) is 6.27. The average molecular weight is 398 g/mol. The molecule has 0 amide bonds. The third-order valence-electron chi connectivity index (χ3n) is 3.44. The molecule has 2 rings (SSSR count). The van der Waals surface area contributed by atoms with Crippen molar-refractivity contribution in [2.75, 3.05) is 6.54 Å². The summed E-state index contributed by atoms with van der Waals surface area (Å²) in [7, 11) is 0. The lowest BCUT2D eigenvalue weighted by molar-refractivity contribution is 0.677. The number of hydrogen-bond donors (Lipinski definition) is 0.